The molecule has 1 fully saturated rings. The Hall–Kier alpha value is -0.950. The van der Waals surface area contributed by atoms with Gasteiger partial charge in [0.1, 0.15) is 0 Å². The lowest BCUT2D eigenvalue weighted by Crippen LogP contribution is -2.31. The quantitative estimate of drug-likeness (QED) is 0.809. The summed E-state index contributed by atoms with van der Waals surface area (Å²) >= 11 is 0. The molecule has 19 heavy (non-hydrogen) atoms. The summed E-state index contributed by atoms with van der Waals surface area (Å²) in [6.45, 7) is 4.09. The van der Waals surface area contributed by atoms with E-state index < -0.39 is 10.1 Å². The van der Waals surface area contributed by atoms with E-state index in [4.69, 9.17) is 9.29 Å². The van der Waals surface area contributed by atoms with Crippen molar-refractivity contribution in [3.05, 3.63) is 29.8 Å². The van der Waals surface area contributed by atoms with Gasteiger partial charge >= 0.3 is 0 Å². The van der Waals surface area contributed by atoms with E-state index in [1.54, 1.807) is 19.2 Å². The molecular formula is C13H21NO4S. The normalized spacial score (nSPS) is 16.6. The van der Waals surface area contributed by atoms with Crippen molar-refractivity contribution < 1.29 is 17.7 Å². The molecule has 0 bridgehead atoms. The van der Waals surface area contributed by atoms with Crippen molar-refractivity contribution in [2.45, 2.75) is 30.8 Å². The number of ether oxygens (including phenoxy) is 1. The van der Waals surface area contributed by atoms with Crippen molar-refractivity contribution in [1.82, 2.24) is 5.32 Å². The molecule has 5 nitrogen and oxygen atoms in total. The molecular weight excluding hydrogens is 266 g/mol. The van der Waals surface area contributed by atoms with Crippen molar-refractivity contribution in [2.75, 3.05) is 20.2 Å². The molecule has 0 amide bonds. The molecule has 0 aliphatic carbocycles. The second-order valence-electron chi connectivity index (χ2n) is 4.47. The Kier molecular flexibility index (Phi) is 6.44. The van der Waals surface area contributed by atoms with Gasteiger partial charge in [-0.05, 0) is 45.0 Å². The molecule has 1 saturated heterocycles. The topological polar surface area (TPSA) is 75.6 Å². The van der Waals surface area contributed by atoms with E-state index in [1.807, 2.05) is 6.92 Å². The van der Waals surface area contributed by atoms with Gasteiger partial charge < -0.3 is 10.1 Å². The average molecular weight is 287 g/mol. The van der Waals surface area contributed by atoms with Crippen molar-refractivity contribution in [2.24, 2.45) is 0 Å². The lowest BCUT2D eigenvalue weighted by molar-refractivity contribution is 0.0765. The first-order valence-electron chi connectivity index (χ1n) is 6.21. The van der Waals surface area contributed by atoms with Crippen molar-refractivity contribution in [1.29, 1.82) is 0 Å². The zero-order valence-electron chi connectivity index (χ0n) is 11.3. The predicted molar refractivity (Wildman–Crippen MR) is 73.9 cm³/mol. The minimum Gasteiger partial charge on any atom is -0.381 e. The van der Waals surface area contributed by atoms with Crippen LogP contribution in [0.3, 0.4) is 0 Å². The van der Waals surface area contributed by atoms with Gasteiger partial charge in [0.15, 0.2) is 0 Å². The third kappa shape index (κ3) is 6.15. The first-order valence-corrected chi connectivity index (χ1v) is 7.65. The summed E-state index contributed by atoms with van der Waals surface area (Å²) in [6, 6.07) is 5.99. The van der Waals surface area contributed by atoms with Gasteiger partial charge in [-0.15, -0.1) is 0 Å². The molecule has 0 radical (unpaired) electrons. The third-order valence-electron chi connectivity index (χ3n) is 2.94. The average Bonchev–Trinajstić information content (AvgIpc) is 2.40. The van der Waals surface area contributed by atoms with E-state index in [1.165, 1.54) is 25.0 Å². The highest BCUT2D eigenvalue weighted by atomic mass is 32.2. The van der Waals surface area contributed by atoms with E-state index in [2.05, 4.69) is 5.32 Å². The third-order valence-corrected chi connectivity index (χ3v) is 3.81. The Morgan fingerprint density at radius 2 is 1.74 bits per heavy atom. The maximum atomic E-state index is 10.5. The summed E-state index contributed by atoms with van der Waals surface area (Å²) in [5.41, 5.74) is 0.956. The summed E-state index contributed by atoms with van der Waals surface area (Å²) in [6.07, 6.45) is 2.88. The lowest BCUT2D eigenvalue weighted by atomic mass is 10.1. The first kappa shape index (κ1) is 16.1. The Labute approximate surface area is 114 Å². The van der Waals surface area contributed by atoms with Crippen LogP contribution < -0.4 is 5.32 Å². The smallest absolute Gasteiger partial charge is 0.294 e. The highest BCUT2D eigenvalue weighted by Crippen LogP contribution is 2.08. The van der Waals surface area contributed by atoms with Crippen molar-refractivity contribution in [3.63, 3.8) is 0 Å². The van der Waals surface area contributed by atoms with Gasteiger partial charge in [-0.1, -0.05) is 17.7 Å². The monoisotopic (exact) mass is 287 g/mol. The molecule has 1 aromatic carbocycles. The van der Waals surface area contributed by atoms with Crippen LogP contribution in [0.1, 0.15) is 18.4 Å². The maximum Gasteiger partial charge on any atom is 0.294 e. The van der Waals surface area contributed by atoms with Gasteiger partial charge in [0.25, 0.3) is 10.1 Å². The van der Waals surface area contributed by atoms with Gasteiger partial charge in [-0.25, -0.2) is 0 Å². The summed E-state index contributed by atoms with van der Waals surface area (Å²) in [7, 11) is -2.23. The largest absolute Gasteiger partial charge is 0.381 e. The van der Waals surface area contributed by atoms with Crippen LogP contribution in [-0.4, -0.2) is 39.3 Å². The van der Waals surface area contributed by atoms with Crippen LogP contribution in [0.4, 0.5) is 0 Å². The molecule has 0 unspecified atom stereocenters. The molecule has 1 aromatic rings. The molecule has 0 spiro atoms. The van der Waals surface area contributed by atoms with Crippen LogP contribution in [0.15, 0.2) is 29.2 Å². The fraction of sp³-hybridized carbons (Fsp3) is 0.538. The molecule has 1 aliphatic rings. The number of benzene rings is 1. The van der Waals surface area contributed by atoms with Crippen LogP contribution in [0.5, 0.6) is 0 Å². The highest BCUT2D eigenvalue weighted by Gasteiger charge is 2.10. The van der Waals surface area contributed by atoms with Crippen LogP contribution in [-0.2, 0) is 14.9 Å². The fourth-order valence-corrected chi connectivity index (χ4v) is 2.22. The Balaban J connectivity index is 0.000000200. The van der Waals surface area contributed by atoms with Gasteiger partial charge in [-0.3, -0.25) is 4.55 Å². The Morgan fingerprint density at radius 3 is 2.11 bits per heavy atom. The van der Waals surface area contributed by atoms with Crippen molar-refractivity contribution in [3.8, 4) is 0 Å². The van der Waals surface area contributed by atoms with Crippen molar-refractivity contribution >= 4 is 10.1 Å². The summed E-state index contributed by atoms with van der Waals surface area (Å²) in [5, 5.41) is 3.27. The van der Waals surface area contributed by atoms with Gasteiger partial charge in [-0.2, -0.15) is 8.42 Å². The van der Waals surface area contributed by atoms with Gasteiger partial charge in [0, 0.05) is 7.11 Å². The standard InChI is InChI=1S/C7H8O3S.C6H13NO/c1-6-2-4-7(5-3-6)11(8,9)10;1-8-6-2-4-7-5-3-6/h2-5H,1H3,(H,8,9,10);6-7H,2-5H2,1H3. The molecule has 0 saturated carbocycles. The van der Waals surface area contributed by atoms with E-state index >= 15 is 0 Å². The molecule has 0 atom stereocenters. The van der Waals surface area contributed by atoms with Gasteiger partial charge in [0.05, 0.1) is 11.0 Å². The van der Waals surface area contributed by atoms with Gasteiger partial charge in [0.2, 0.25) is 0 Å². The Bertz CT molecular complexity index is 464. The van der Waals surface area contributed by atoms with Crippen LogP contribution >= 0.6 is 0 Å². The minimum absolute atomic E-state index is 0.0666. The predicted octanol–water partition coefficient (Wildman–Crippen LogP) is 1.63. The zero-order chi connectivity index (χ0) is 14.3. The lowest BCUT2D eigenvalue weighted by Gasteiger charge is -2.20. The zero-order valence-corrected chi connectivity index (χ0v) is 12.1. The minimum atomic E-state index is -4.02. The number of nitrogens with one attached hydrogen (secondary N) is 1. The second kappa shape index (κ2) is 7.59. The Morgan fingerprint density at radius 1 is 1.21 bits per heavy atom. The molecule has 6 heteroatoms. The summed E-state index contributed by atoms with van der Waals surface area (Å²) in [5.74, 6) is 0. The highest BCUT2D eigenvalue weighted by molar-refractivity contribution is 7.85. The number of aryl methyl sites for hydroxylation is 1. The SMILES string of the molecule is COC1CCNCC1.Cc1ccc(S(=O)(=O)O)cc1. The maximum absolute atomic E-state index is 10.5. The molecule has 1 aliphatic heterocycles. The molecule has 108 valence electrons. The molecule has 2 N–H and O–H groups in total. The number of hydrogen-bond donors (Lipinski definition) is 2. The number of rotatable bonds is 2. The number of methoxy groups -OCH3 is 1. The second-order valence-corrected chi connectivity index (χ2v) is 5.89. The summed E-state index contributed by atoms with van der Waals surface area (Å²) < 4.78 is 34.7. The molecule has 2 rings (SSSR count). The molecule has 0 aromatic heterocycles. The summed E-state index contributed by atoms with van der Waals surface area (Å²) in [4.78, 5) is -0.0666. The van der Waals surface area contributed by atoms with Crippen LogP contribution in [0.2, 0.25) is 0 Å². The van der Waals surface area contributed by atoms with E-state index in [-0.39, 0.29) is 4.90 Å². The number of piperidine rings is 1. The van der Waals surface area contributed by atoms with E-state index in [0.717, 1.165) is 18.7 Å². The fourth-order valence-electron chi connectivity index (χ4n) is 1.74. The van der Waals surface area contributed by atoms with Crippen LogP contribution in [0.25, 0.3) is 0 Å². The molecule has 1 heterocycles. The first-order chi connectivity index (χ1) is 8.93. The van der Waals surface area contributed by atoms with E-state index in [9.17, 15) is 8.42 Å². The van der Waals surface area contributed by atoms with E-state index in [0.29, 0.717) is 6.10 Å². The van der Waals surface area contributed by atoms with Crippen LogP contribution in [0, 0.1) is 6.92 Å². The number of hydrogen-bond acceptors (Lipinski definition) is 4.